The van der Waals surface area contributed by atoms with Gasteiger partial charge in [0.2, 0.25) is 11.9 Å². The molecule has 0 radical (unpaired) electrons. The standard InChI is InChI=1S/C24H30F2N6O/c1-15-6-8-16(9-7-15)32-21-19(29-23(32)28-18-5-3-4-17(25)20(18)26)14-27-22(30-21)31-24(2)10-12-33-13-11-24/h3-5,14-16H,6-13H2,1-2H3,(H,28,29)(H,27,30,31)/t15-,16+. The van der Waals surface area contributed by atoms with E-state index < -0.39 is 11.6 Å². The van der Waals surface area contributed by atoms with Gasteiger partial charge in [-0.25, -0.2) is 18.7 Å². The summed E-state index contributed by atoms with van der Waals surface area (Å²) in [5.74, 6) is -0.147. The molecule has 1 aromatic carbocycles. The van der Waals surface area contributed by atoms with E-state index >= 15 is 0 Å². The molecule has 1 aliphatic carbocycles. The van der Waals surface area contributed by atoms with E-state index in [1.807, 2.05) is 4.57 Å². The molecule has 0 unspecified atom stereocenters. The Bertz CT molecular complexity index is 1140. The minimum absolute atomic E-state index is 0.0526. The van der Waals surface area contributed by atoms with Gasteiger partial charge in [0.15, 0.2) is 17.3 Å². The zero-order chi connectivity index (χ0) is 23.0. The van der Waals surface area contributed by atoms with E-state index in [0.717, 1.165) is 44.6 Å². The van der Waals surface area contributed by atoms with Gasteiger partial charge in [0.1, 0.15) is 5.52 Å². The minimum atomic E-state index is -0.922. The third-order valence-electron chi connectivity index (χ3n) is 6.99. The number of ether oxygens (including phenoxy) is 1. The fraction of sp³-hybridized carbons (Fsp3) is 0.542. The summed E-state index contributed by atoms with van der Waals surface area (Å²) in [5.41, 5.74) is 1.23. The van der Waals surface area contributed by atoms with E-state index in [4.69, 9.17) is 9.72 Å². The molecular weight excluding hydrogens is 426 g/mol. The molecule has 3 aromatic rings. The molecule has 176 valence electrons. The van der Waals surface area contributed by atoms with Gasteiger partial charge < -0.3 is 15.4 Å². The predicted molar refractivity (Wildman–Crippen MR) is 124 cm³/mol. The lowest BCUT2D eigenvalue weighted by atomic mass is 9.87. The number of nitrogens with zero attached hydrogens (tertiary/aromatic N) is 4. The third kappa shape index (κ3) is 4.51. The number of imidazole rings is 1. The number of halogens is 2. The highest BCUT2D eigenvalue weighted by Crippen LogP contribution is 2.37. The maximum Gasteiger partial charge on any atom is 0.225 e. The van der Waals surface area contributed by atoms with Crippen molar-refractivity contribution in [1.82, 2.24) is 19.5 Å². The van der Waals surface area contributed by atoms with Crippen LogP contribution in [-0.4, -0.2) is 38.3 Å². The van der Waals surface area contributed by atoms with Crippen molar-refractivity contribution < 1.29 is 13.5 Å². The van der Waals surface area contributed by atoms with Gasteiger partial charge in [-0.1, -0.05) is 13.0 Å². The van der Waals surface area contributed by atoms with Crippen LogP contribution in [0.15, 0.2) is 24.4 Å². The molecule has 3 heterocycles. The Morgan fingerprint density at radius 3 is 2.61 bits per heavy atom. The summed E-state index contributed by atoms with van der Waals surface area (Å²) < 4.78 is 35.8. The second-order valence-electron chi connectivity index (χ2n) is 9.65. The molecule has 0 spiro atoms. The SMILES string of the molecule is CC1(Nc2ncc3nc(Nc4cccc(F)c4F)n([C@H]4CC[C@@H](C)CC4)c3n2)CCOCC1. The molecule has 9 heteroatoms. The molecular formula is C24H30F2N6O. The number of nitrogens with one attached hydrogen (secondary N) is 2. The van der Waals surface area contributed by atoms with Gasteiger partial charge in [0.25, 0.3) is 0 Å². The zero-order valence-electron chi connectivity index (χ0n) is 19.1. The van der Waals surface area contributed by atoms with Crippen molar-refractivity contribution in [2.75, 3.05) is 23.8 Å². The van der Waals surface area contributed by atoms with Gasteiger partial charge in [-0.05, 0) is 63.5 Å². The molecule has 0 bridgehead atoms. The van der Waals surface area contributed by atoms with Crippen LogP contribution >= 0.6 is 0 Å². The summed E-state index contributed by atoms with van der Waals surface area (Å²) >= 11 is 0. The van der Waals surface area contributed by atoms with Crippen LogP contribution in [0.25, 0.3) is 11.2 Å². The normalized spacial score (nSPS) is 22.9. The summed E-state index contributed by atoms with van der Waals surface area (Å²) in [4.78, 5) is 14.0. The average molecular weight is 457 g/mol. The maximum absolute atomic E-state index is 14.4. The van der Waals surface area contributed by atoms with Gasteiger partial charge in [-0.2, -0.15) is 4.98 Å². The molecule has 33 heavy (non-hydrogen) atoms. The maximum atomic E-state index is 14.4. The van der Waals surface area contributed by atoms with Gasteiger partial charge in [0, 0.05) is 24.8 Å². The topological polar surface area (TPSA) is 76.9 Å². The smallest absolute Gasteiger partial charge is 0.225 e. The van der Waals surface area contributed by atoms with Gasteiger partial charge >= 0.3 is 0 Å². The van der Waals surface area contributed by atoms with Crippen molar-refractivity contribution in [1.29, 1.82) is 0 Å². The van der Waals surface area contributed by atoms with E-state index in [1.54, 1.807) is 6.20 Å². The lowest BCUT2D eigenvalue weighted by Crippen LogP contribution is -2.41. The number of hydrogen-bond donors (Lipinski definition) is 2. The molecule has 0 atom stereocenters. The van der Waals surface area contributed by atoms with E-state index in [-0.39, 0.29) is 17.3 Å². The molecule has 1 saturated heterocycles. The van der Waals surface area contributed by atoms with Gasteiger partial charge in [-0.3, -0.25) is 4.57 Å². The number of rotatable bonds is 5. The third-order valence-corrected chi connectivity index (χ3v) is 6.99. The molecule has 1 aliphatic heterocycles. The predicted octanol–water partition coefficient (Wildman–Crippen LogP) is 5.58. The highest BCUT2D eigenvalue weighted by molar-refractivity contribution is 5.76. The average Bonchev–Trinajstić information content (AvgIpc) is 3.15. The Morgan fingerprint density at radius 2 is 1.85 bits per heavy atom. The van der Waals surface area contributed by atoms with Gasteiger partial charge in [-0.15, -0.1) is 0 Å². The lowest BCUT2D eigenvalue weighted by Gasteiger charge is -2.34. The number of fused-ring (bicyclic) bond motifs is 1. The van der Waals surface area contributed by atoms with Crippen LogP contribution in [0.3, 0.4) is 0 Å². The Kier molecular flexibility index (Phi) is 5.90. The highest BCUT2D eigenvalue weighted by Gasteiger charge is 2.29. The highest BCUT2D eigenvalue weighted by atomic mass is 19.2. The first-order chi connectivity index (χ1) is 15.9. The molecule has 2 N–H and O–H groups in total. The van der Waals surface area contributed by atoms with Gasteiger partial charge in [0.05, 0.1) is 11.9 Å². The first kappa shape index (κ1) is 22.0. The van der Waals surface area contributed by atoms with Crippen molar-refractivity contribution in [3.05, 3.63) is 36.0 Å². The quantitative estimate of drug-likeness (QED) is 0.522. The second kappa shape index (κ2) is 8.85. The molecule has 5 rings (SSSR count). The van der Waals surface area contributed by atoms with E-state index in [9.17, 15) is 8.78 Å². The Balaban J connectivity index is 1.54. The van der Waals surface area contributed by atoms with E-state index in [0.29, 0.717) is 42.2 Å². The Hall–Kier alpha value is -2.81. The Morgan fingerprint density at radius 1 is 1.09 bits per heavy atom. The van der Waals surface area contributed by atoms with Crippen LogP contribution < -0.4 is 10.6 Å². The fourth-order valence-corrected chi connectivity index (χ4v) is 4.82. The van der Waals surface area contributed by atoms with Crippen LogP contribution in [-0.2, 0) is 4.74 Å². The van der Waals surface area contributed by atoms with Crippen LogP contribution in [0.5, 0.6) is 0 Å². The number of aromatic nitrogens is 4. The summed E-state index contributed by atoms with van der Waals surface area (Å²) in [6, 6.07) is 4.26. The summed E-state index contributed by atoms with van der Waals surface area (Å²) in [6.45, 7) is 5.83. The molecule has 2 aliphatic rings. The molecule has 0 amide bonds. The molecule has 2 fully saturated rings. The molecule has 7 nitrogen and oxygen atoms in total. The first-order valence-corrected chi connectivity index (χ1v) is 11.7. The van der Waals surface area contributed by atoms with E-state index in [2.05, 4.69) is 34.4 Å². The van der Waals surface area contributed by atoms with Crippen molar-refractivity contribution in [3.8, 4) is 0 Å². The van der Waals surface area contributed by atoms with Crippen LogP contribution in [0.4, 0.5) is 26.4 Å². The number of anilines is 3. The van der Waals surface area contributed by atoms with Crippen molar-refractivity contribution in [2.45, 2.75) is 64.0 Å². The largest absolute Gasteiger partial charge is 0.381 e. The molecule has 1 saturated carbocycles. The molecule has 2 aromatic heterocycles. The van der Waals surface area contributed by atoms with Crippen molar-refractivity contribution in [2.24, 2.45) is 5.92 Å². The Labute approximate surface area is 192 Å². The fourth-order valence-electron chi connectivity index (χ4n) is 4.82. The van der Waals surface area contributed by atoms with Crippen molar-refractivity contribution >= 4 is 28.7 Å². The summed E-state index contributed by atoms with van der Waals surface area (Å²) in [6.07, 6.45) is 7.62. The van der Waals surface area contributed by atoms with Crippen LogP contribution in [0.1, 0.15) is 58.4 Å². The van der Waals surface area contributed by atoms with Crippen LogP contribution in [0, 0.1) is 17.6 Å². The number of hydrogen-bond acceptors (Lipinski definition) is 6. The van der Waals surface area contributed by atoms with E-state index in [1.165, 1.54) is 12.1 Å². The second-order valence-corrected chi connectivity index (χ2v) is 9.65. The monoisotopic (exact) mass is 456 g/mol. The number of benzene rings is 1. The van der Waals surface area contributed by atoms with Crippen LogP contribution in [0.2, 0.25) is 0 Å². The lowest BCUT2D eigenvalue weighted by molar-refractivity contribution is 0.0656. The first-order valence-electron chi connectivity index (χ1n) is 11.7. The summed E-state index contributed by atoms with van der Waals surface area (Å²) in [7, 11) is 0. The minimum Gasteiger partial charge on any atom is -0.381 e. The summed E-state index contributed by atoms with van der Waals surface area (Å²) in [5, 5.41) is 6.51. The van der Waals surface area contributed by atoms with Crippen molar-refractivity contribution in [3.63, 3.8) is 0 Å². The zero-order valence-corrected chi connectivity index (χ0v) is 19.1.